The summed E-state index contributed by atoms with van der Waals surface area (Å²) in [5.41, 5.74) is -4.07. The lowest BCUT2D eigenvalue weighted by Crippen LogP contribution is -2.13. The Hall–Kier alpha value is -2.63. The predicted molar refractivity (Wildman–Crippen MR) is 75.0 cm³/mol. The Bertz CT molecular complexity index is 917. The molecular formula is C14H7F6NO4S. The molecule has 2 rings (SSSR count). The zero-order valence-corrected chi connectivity index (χ0v) is 13.1. The maximum Gasteiger partial charge on any atom is 0.416 e. The Morgan fingerprint density at radius 3 is 1.54 bits per heavy atom. The van der Waals surface area contributed by atoms with E-state index >= 15 is 0 Å². The molecule has 0 aliphatic rings. The normalized spacial score (nSPS) is 12.8. The second-order valence-electron chi connectivity index (χ2n) is 5.00. The van der Waals surface area contributed by atoms with Gasteiger partial charge in [-0.1, -0.05) is 0 Å². The smallest absolute Gasteiger partial charge is 0.258 e. The first kappa shape index (κ1) is 19.7. The molecule has 2 aromatic rings. The summed E-state index contributed by atoms with van der Waals surface area (Å²) in [5, 5.41) is 10.5. The van der Waals surface area contributed by atoms with Crippen LogP contribution in [0.3, 0.4) is 0 Å². The monoisotopic (exact) mass is 399 g/mol. The molecule has 0 aromatic heterocycles. The van der Waals surface area contributed by atoms with Gasteiger partial charge in [0.05, 0.1) is 25.8 Å². The number of nitro groups is 1. The first-order chi connectivity index (χ1) is 11.7. The zero-order chi connectivity index (χ0) is 19.9. The van der Waals surface area contributed by atoms with Crippen LogP contribution in [0.1, 0.15) is 11.1 Å². The Kier molecular flexibility index (Phi) is 4.75. The summed E-state index contributed by atoms with van der Waals surface area (Å²) in [7, 11) is -4.77. The van der Waals surface area contributed by atoms with Gasteiger partial charge in [-0.25, -0.2) is 8.42 Å². The van der Waals surface area contributed by atoms with Crippen LogP contribution in [-0.4, -0.2) is 13.3 Å². The van der Waals surface area contributed by atoms with Crippen molar-refractivity contribution in [2.24, 2.45) is 0 Å². The van der Waals surface area contributed by atoms with Gasteiger partial charge < -0.3 is 0 Å². The summed E-state index contributed by atoms with van der Waals surface area (Å²) in [5.74, 6) is 0. The molecule has 26 heavy (non-hydrogen) atoms. The fourth-order valence-electron chi connectivity index (χ4n) is 1.96. The van der Waals surface area contributed by atoms with Crippen molar-refractivity contribution >= 4 is 15.5 Å². The van der Waals surface area contributed by atoms with Crippen LogP contribution < -0.4 is 0 Å². The molecule has 0 aliphatic heterocycles. The average molecular weight is 399 g/mol. The highest BCUT2D eigenvalue weighted by Crippen LogP contribution is 2.38. The summed E-state index contributed by atoms with van der Waals surface area (Å²) in [4.78, 5) is 7.79. The number of halogens is 6. The van der Waals surface area contributed by atoms with Crippen molar-refractivity contribution in [3.05, 3.63) is 63.7 Å². The van der Waals surface area contributed by atoms with Gasteiger partial charge in [0.1, 0.15) is 0 Å². The van der Waals surface area contributed by atoms with Crippen molar-refractivity contribution in [2.75, 3.05) is 0 Å². The minimum Gasteiger partial charge on any atom is -0.258 e. The predicted octanol–water partition coefficient (Wildman–Crippen LogP) is 4.47. The van der Waals surface area contributed by atoms with Crippen LogP contribution in [0.2, 0.25) is 0 Å². The van der Waals surface area contributed by atoms with Crippen molar-refractivity contribution in [3.63, 3.8) is 0 Å². The molecule has 0 amide bonds. The van der Waals surface area contributed by atoms with Crippen LogP contribution >= 0.6 is 0 Å². The maximum absolute atomic E-state index is 12.8. The van der Waals surface area contributed by atoms with Gasteiger partial charge in [-0.05, 0) is 30.3 Å². The van der Waals surface area contributed by atoms with E-state index in [1.807, 2.05) is 0 Å². The van der Waals surface area contributed by atoms with Gasteiger partial charge in [0.2, 0.25) is 9.84 Å². The number of non-ortho nitro benzene ring substituents is 1. The van der Waals surface area contributed by atoms with Gasteiger partial charge in [0.25, 0.3) is 5.69 Å². The largest absolute Gasteiger partial charge is 0.416 e. The SMILES string of the molecule is O=[N+]([O-])c1ccc(S(=O)(=O)c2cc(C(F)(F)F)cc(C(F)(F)F)c2)cc1. The van der Waals surface area contributed by atoms with Crippen LogP contribution in [0.5, 0.6) is 0 Å². The van der Waals surface area contributed by atoms with Gasteiger partial charge >= 0.3 is 12.4 Å². The van der Waals surface area contributed by atoms with Crippen LogP contribution in [0.4, 0.5) is 32.0 Å². The van der Waals surface area contributed by atoms with E-state index in [0.29, 0.717) is 0 Å². The molecule has 12 heteroatoms. The Balaban J connectivity index is 2.67. The number of alkyl halides is 6. The summed E-state index contributed by atoms with van der Waals surface area (Å²) < 4.78 is 102. The Morgan fingerprint density at radius 2 is 1.19 bits per heavy atom. The third-order valence-corrected chi connectivity index (χ3v) is 4.98. The van der Waals surface area contributed by atoms with Crippen molar-refractivity contribution in [1.82, 2.24) is 0 Å². The van der Waals surface area contributed by atoms with Gasteiger partial charge in [-0.15, -0.1) is 0 Å². The molecule has 0 saturated carbocycles. The molecule has 0 N–H and O–H groups in total. The van der Waals surface area contributed by atoms with E-state index in [2.05, 4.69) is 0 Å². The van der Waals surface area contributed by atoms with Gasteiger partial charge in [0, 0.05) is 12.1 Å². The maximum atomic E-state index is 12.8. The van der Waals surface area contributed by atoms with Crippen molar-refractivity contribution in [3.8, 4) is 0 Å². The minimum absolute atomic E-state index is 0.0754. The molecule has 2 aromatic carbocycles. The second kappa shape index (κ2) is 6.27. The first-order valence-electron chi connectivity index (χ1n) is 6.52. The van der Waals surface area contributed by atoms with Crippen molar-refractivity contribution in [2.45, 2.75) is 22.1 Å². The number of hydrogen-bond acceptors (Lipinski definition) is 4. The number of hydrogen-bond donors (Lipinski definition) is 0. The van der Waals surface area contributed by atoms with E-state index < -0.39 is 53.7 Å². The van der Waals surface area contributed by atoms with Crippen molar-refractivity contribution < 1.29 is 39.7 Å². The zero-order valence-electron chi connectivity index (χ0n) is 12.3. The van der Waals surface area contributed by atoms with E-state index in [4.69, 9.17) is 0 Å². The standard InChI is InChI=1S/C14H7F6NO4S/c15-13(16,17)8-5-9(14(18,19)20)7-12(6-8)26(24,25)11-3-1-10(2-4-11)21(22)23/h1-7H. The third-order valence-electron chi connectivity index (χ3n) is 3.23. The summed E-state index contributed by atoms with van der Waals surface area (Å²) in [6.07, 6.45) is -10.4. The fourth-order valence-corrected chi connectivity index (χ4v) is 3.30. The van der Waals surface area contributed by atoms with Gasteiger partial charge in [-0.3, -0.25) is 10.1 Å². The molecule has 0 unspecified atom stereocenters. The van der Waals surface area contributed by atoms with E-state index in [1.54, 1.807) is 0 Å². The Labute approximate surface area is 141 Å². The number of benzene rings is 2. The fraction of sp³-hybridized carbons (Fsp3) is 0.143. The molecule has 0 atom stereocenters. The quantitative estimate of drug-likeness (QED) is 0.434. The molecule has 0 fully saturated rings. The molecule has 0 heterocycles. The molecule has 5 nitrogen and oxygen atoms in total. The van der Waals surface area contributed by atoms with E-state index in [1.165, 1.54) is 0 Å². The lowest BCUT2D eigenvalue weighted by atomic mass is 10.1. The van der Waals surface area contributed by atoms with Crippen LogP contribution in [0.25, 0.3) is 0 Å². The summed E-state index contributed by atoms with van der Waals surface area (Å²) >= 11 is 0. The molecule has 0 bridgehead atoms. The van der Waals surface area contributed by atoms with E-state index in [9.17, 15) is 44.9 Å². The highest BCUT2D eigenvalue weighted by atomic mass is 32.2. The summed E-state index contributed by atoms with van der Waals surface area (Å²) in [6.45, 7) is 0. The van der Waals surface area contributed by atoms with E-state index in [-0.39, 0.29) is 18.2 Å². The van der Waals surface area contributed by atoms with Crippen LogP contribution in [-0.2, 0) is 22.2 Å². The number of sulfone groups is 1. The third kappa shape index (κ3) is 3.95. The van der Waals surface area contributed by atoms with Crippen molar-refractivity contribution in [1.29, 1.82) is 0 Å². The lowest BCUT2D eigenvalue weighted by molar-refractivity contribution is -0.384. The minimum atomic E-state index is -5.21. The molecule has 0 aliphatic carbocycles. The molecule has 140 valence electrons. The second-order valence-corrected chi connectivity index (χ2v) is 6.95. The molecule has 0 saturated heterocycles. The van der Waals surface area contributed by atoms with Crippen LogP contribution in [0.15, 0.2) is 52.3 Å². The average Bonchev–Trinajstić information content (AvgIpc) is 2.52. The van der Waals surface area contributed by atoms with Gasteiger partial charge in [-0.2, -0.15) is 26.3 Å². The molecule has 0 radical (unpaired) electrons. The molecular weight excluding hydrogens is 392 g/mol. The topological polar surface area (TPSA) is 77.3 Å². The van der Waals surface area contributed by atoms with Crippen LogP contribution in [0, 0.1) is 10.1 Å². The first-order valence-corrected chi connectivity index (χ1v) is 8.00. The number of nitro benzene ring substituents is 1. The summed E-state index contributed by atoms with van der Waals surface area (Å²) in [6, 6.07) is 2.94. The molecule has 0 spiro atoms. The van der Waals surface area contributed by atoms with E-state index in [0.717, 1.165) is 24.3 Å². The highest BCUT2D eigenvalue weighted by Gasteiger charge is 2.38. The van der Waals surface area contributed by atoms with Gasteiger partial charge in [0.15, 0.2) is 0 Å². The number of rotatable bonds is 3. The number of nitrogens with zero attached hydrogens (tertiary/aromatic N) is 1. The highest BCUT2D eigenvalue weighted by molar-refractivity contribution is 7.91. The Morgan fingerprint density at radius 1 is 0.769 bits per heavy atom. The lowest BCUT2D eigenvalue weighted by Gasteiger charge is -2.14.